The maximum atomic E-state index is 11.6. The standard InChI is InChI=1S/C12H23N3O.ClH/c1-10(2)14-11(16)7-15-6-4-12(9-15)3-5-13-8-12;/h10,13H,3-9H2,1-2H3,(H,14,16);1H. The van der Waals surface area contributed by atoms with Crippen molar-refractivity contribution < 1.29 is 4.79 Å². The van der Waals surface area contributed by atoms with Gasteiger partial charge in [-0.3, -0.25) is 9.69 Å². The molecule has 1 amide bonds. The highest BCUT2D eigenvalue weighted by molar-refractivity contribution is 5.85. The molecule has 0 bridgehead atoms. The van der Waals surface area contributed by atoms with E-state index in [9.17, 15) is 4.79 Å². The number of nitrogens with one attached hydrogen (secondary N) is 2. The fourth-order valence-electron chi connectivity index (χ4n) is 2.88. The molecule has 5 heteroatoms. The zero-order chi connectivity index (χ0) is 11.6. The average Bonchev–Trinajstić information content (AvgIpc) is 2.76. The van der Waals surface area contributed by atoms with Crippen LogP contribution in [0.3, 0.4) is 0 Å². The maximum Gasteiger partial charge on any atom is 0.234 e. The molecule has 1 spiro atoms. The summed E-state index contributed by atoms with van der Waals surface area (Å²) in [4.78, 5) is 13.9. The van der Waals surface area contributed by atoms with Crippen LogP contribution in [0.25, 0.3) is 0 Å². The van der Waals surface area contributed by atoms with Crippen LogP contribution in [0.4, 0.5) is 0 Å². The molecule has 1 unspecified atom stereocenters. The number of nitrogens with zero attached hydrogens (tertiary/aromatic N) is 1. The number of halogens is 1. The van der Waals surface area contributed by atoms with Crippen LogP contribution in [0.15, 0.2) is 0 Å². The predicted octanol–water partition coefficient (Wildman–Crippen LogP) is 0.618. The van der Waals surface area contributed by atoms with E-state index in [2.05, 4.69) is 15.5 Å². The molecule has 0 aliphatic carbocycles. The van der Waals surface area contributed by atoms with E-state index in [0.29, 0.717) is 12.0 Å². The summed E-state index contributed by atoms with van der Waals surface area (Å²) in [6.45, 7) is 9.02. The third-order valence-corrected chi connectivity index (χ3v) is 3.67. The first-order valence-electron chi connectivity index (χ1n) is 6.32. The lowest BCUT2D eigenvalue weighted by Gasteiger charge is -2.22. The lowest BCUT2D eigenvalue weighted by atomic mass is 9.87. The van der Waals surface area contributed by atoms with Crippen LogP contribution in [0.1, 0.15) is 26.7 Å². The Morgan fingerprint density at radius 2 is 2.24 bits per heavy atom. The fourth-order valence-corrected chi connectivity index (χ4v) is 2.88. The normalized spacial score (nSPS) is 28.6. The molecule has 2 rings (SSSR count). The van der Waals surface area contributed by atoms with Crippen molar-refractivity contribution >= 4 is 18.3 Å². The fraction of sp³-hybridized carbons (Fsp3) is 0.917. The number of hydrogen-bond acceptors (Lipinski definition) is 3. The lowest BCUT2D eigenvalue weighted by molar-refractivity contribution is -0.122. The van der Waals surface area contributed by atoms with Crippen molar-refractivity contribution in [3.63, 3.8) is 0 Å². The summed E-state index contributed by atoms with van der Waals surface area (Å²) in [5.41, 5.74) is 0.470. The molecule has 2 heterocycles. The Morgan fingerprint density at radius 1 is 1.47 bits per heavy atom. The van der Waals surface area contributed by atoms with Crippen molar-refractivity contribution in [2.45, 2.75) is 32.7 Å². The maximum absolute atomic E-state index is 11.6. The van der Waals surface area contributed by atoms with Crippen molar-refractivity contribution in [1.29, 1.82) is 0 Å². The van der Waals surface area contributed by atoms with Crippen LogP contribution in [0.5, 0.6) is 0 Å². The minimum atomic E-state index is 0. The molecular formula is C12H24ClN3O. The summed E-state index contributed by atoms with van der Waals surface area (Å²) in [6.07, 6.45) is 2.52. The third-order valence-electron chi connectivity index (χ3n) is 3.67. The van der Waals surface area contributed by atoms with Crippen molar-refractivity contribution in [2.75, 3.05) is 32.7 Å². The van der Waals surface area contributed by atoms with Crippen molar-refractivity contribution in [3.05, 3.63) is 0 Å². The van der Waals surface area contributed by atoms with Crippen LogP contribution in [-0.2, 0) is 4.79 Å². The molecule has 2 aliphatic heterocycles. The lowest BCUT2D eigenvalue weighted by Crippen LogP contribution is -2.40. The second-order valence-corrected chi connectivity index (χ2v) is 5.61. The van der Waals surface area contributed by atoms with Crippen LogP contribution in [0.2, 0.25) is 0 Å². The molecule has 0 radical (unpaired) electrons. The van der Waals surface area contributed by atoms with E-state index in [1.54, 1.807) is 0 Å². The summed E-state index contributed by atoms with van der Waals surface area (Å²) < 4.78 is 0. The monoisotopic (exact) mass is 261 g/mol. The SMILES string of the molecule is CC(C)NC(=O)CN1CCC2(CCNC2)C1.Cl. The molecule has 2 N–H and O–H groups in total. The Morgan fingerprint density at radius 3 is 2.82 bits per heavy atom. The Labute approximate surface area is 110 Å². The second-order valence-electron chi connectivity index (χ2n) is 5.61. The first kappa shape index (κ1) is 14.7. The number of likely N-dealkylation sites (tertiary alicyclic amines) is 1. The molecule has 17 heavy (non-hydrogen) atoms. The molecule has 0 aromatic rings. The highest BCUT2D eigenvalue weighted by atomic mass is 35.5. The summed E-state index contributed by atoms with van der Waals surface area (Å²) in [6, 6.07) is 0.247. The summed E-state index contributed by atoms with van der Waals surface area (Å²) in [7, 11) is 0. The van der Waals surface area contributed by atoms with Gasteiger partial charge in [-0.25, -0.2) is 0 Å². The Kier molecular flexibility index (Phi) is 5.22. The molecule has 2 saturated heterocycles. The number of carbonyl (C=O) groups is 1. The Balaban J connectivity index is 0.00000144. The molecule has 0 aromatic heterocycles. The minimum Gasteiger partial charge on any atom is -0.353 e. The Hall–Kier alpha value is -0.320. The van der Waals surface area contributed by atoms with Gasteiger partial charge < -0.3 is 10.6 Å². The topological polar surface area (TPSA) is 44.4 Å². The smallest absolute Gasteiger partial charge is 0.234 e. The van der Waals surface area contributed by atoms with Crippen LogP contribution in [-0.4, -0.2) is 49.6 Å². The van der Waals surface area contributed by atoms with E-state index >= 15 is 0 Å². The van der Waals surface area contributed by atoms with E-state index in [4.69, 9.17) is 0 Å². The zero-order valence-corrected chi connectivity index (χ0v) is 11.6. The van der Waals surface area contributed by atoms with E-state index in [1.807, 2.05) is 13.8 Å². The third kappa shape index (κ3) is 3.83. The van der Waals surface area contributed by atoms with Gasteiger partial charge >= 0.3 is 0 Å². The van der Waals surface area contributed by atoms with Crippen molar-refractivity contribution in [1.82, 2.24) is 15.5 Å². The highest BCUT2D eigenvalue weighted by Gasteiger charge is 2.40. The van der Waals surface area contributed by atoms with Crippen LogP contribution >= 0.6 is 12.4 Å². The van der Waals surface area contributed by atoms with Gasteiger partial charge in [0, 0.05) is 19.1 Å². The van der Waals surface area contributed by atoms with Crippen molar-refractivity contribution in [3.8, 4) is 0 Å². The van der Waals surface area contributed by atoms with Gasteiger partial charge in [-0.05, 0) is 45.2 Å². The van der Waals surface area contributed by atoms with Crippen molar-refractivity contribution in [2.24, 2.45) is 5.41 Å². The van der Waals surface area contributed by atoms with Gasteiger partial charge in [-0.15, -0.1) is 12.4 Å². The number of amides is 1. The molecule has 0 aromatic carbocycles. The van der Waals surface area contributed by atoms with E-state index in [1.165, 1.54) is 12.8 Å². The molecule has 0 saturated carbocycles. The molecule has 100 valence electrons. The molecular weight excluding hydrogens is 238 g/mol. The van der Waals surface area contributed by atoms with Gasteiger partial charge in [0.25, 0.3) is 0 Å². The zero-order valence-electron chi connectivity index (χ0n) is 10.8. The van der Waals surface area contributed by atoms with E-state index in [0.717, 1.165) is 26.2 Å². The number of rotatable bonds is 3. The molecule has 2 fully saturated rings. The van der Waals surface area contributed by atoms with Gasteiger partial charge in [-0.2, -0.15) is 0 Å². The first-order chi connectivity index (χ1) is 7.60. The molecule has 2 aliphatic rings. The summed E-state index contributed by atoms with van der Waals surface area (Å²) in [5.74, 6) is 0.165. The largest absolute Gasteiger partial charge is 0.353 e. The number of hydrogen-bond donors (Lipinski definition) is 2. The van der Waals surface area contributed by atoms with Gasteiger partial charge in [0.1, 0.15) is 0 Å². The van der Waals surface area contributed by atoms with Gasteiger partial charge in [-0.1, -0.05) is 0 Å². The van der Waals surface area contributed by atoms with E-state index < -0.39 is 0 Å². The average molecular weight is 262 g/mol. The molecule has 1 atom stereocenters. The second kappa shape index (κ2) is 6.03. The summed E-state index contributed by atoms with van der Waals surface area (Å²) >= 11 is 0. The highest BCUT2D eigenvalue weighted by Crippen LogP contribution is 2.35. The van der Waals surface area contributed by atoms with Gasteiger partial charge in [0.15, 0.2) is 0 Å². The van der Waals surface area contributed by atoms with Crippen LogP contribution in [0, 0.1) is 5.41 Å². The summed E-state index contributed by atoms with van der Waals surface area (Å²) in [5, 5.41) is 6.39. The van der Waals surface area contributed by atoms with Gasteiger partial charge in [0.2, 0.25) is 5.91 Å². The first-order valence-corrected chi connectivity index (χ1v) is 6.32. The van der Waals surface area contributed by atoms with Gasteiger partial charge in [0.05, 0.1) is 6.54 Å². The molecule has 4 nitrogen and oxygen atoms in total. The Bertz CT molecular complexity index is 264. The van der Waals surface area contributed by atoms with Crippen LogP contribution < -0.4 is 10.6 Å². The van der Waals surface area contributed by atoms with E-state index in [-0.39, 0.29) is 24.4 Å². The quantitative estimate of drug-likeness (QED) is 0.783. The number of carbonyl (C=O) groups excluding carboxylic acids is 1. The minimum absolute atomic E-state index is 0. The predicted molar refractivity (Wildman–Crippen MR) is 71.5 cm³/mol.